The lowest BCUT2D eigenvalue weighted by atomic mass is 10.4. The third-order valence-electron chi connectivity index (χ3n) is 1.21. The lowest BCUT2D eigenvalue weighted by Crippen LogP contribution is -1.82. The van der Waals surface area contributed by atoms with Crippen LogP contribution < -0.4 is 6.15 Å². The zero-order valence-corrected chi connectivity index (χ0v) is 5.18. The van der Waals surface area contributed by atoms with Gasteiger partial charge in [-0.2, -0.15) is 0 Å². The van der Waals surface area contributed by atoms with E-state index in [9.17, 15) is 0 Å². The van der Waals surface area contributed by atoms with Gasteiger partial charge in [0.15, 0.2) is 0 Å². The molecular formula is C6H5N4. The summed E-state index contributed by atoms with van der Waals surface area (Å²) in [7, 11) is 0. The molecule has 0 atom stereocenters. The molecule has 4 nitrogen and oxygen atoms in total. The maximum Gasteiger partial charge on any atom is 0.0864 e. The van der Waals surface area contributed by atoms with Gasteiger partial charge in [-0.3, -0.25) is 0 Å². The van der Waals surface area contributed by atoms with E-state index < -0.39 is 0 Å². The maximum absolute atomic E-state index is 3.79. The molecule has 4 heteroatoms. The van der Waals surface area contributed by atoms with Crippen molar-refractivity contribution in [1.29, 1.82) is 0 Å². The van der Waals surface area contributed by atoms with Crippen molar-refractivity contribution < 1.29 is 0 Å². The molecule has 2 aromatic rings. The van der Waals surface area contributed by atoms with Crippen LogP contribution in [0, 0.1) is 0 Å². The predicted molar refractivity (Wildman–Crippen MR) is 35.1 cm³/mol. The standard InChI is InChI=1S/C6H5N3.N/c1-2-4-9-6(3-1)5-7-8-9;/h1-5H;. The van der Waals surface area contributed by atoms with Crippen LogP contribution in [0.5, 0.6) is 0 Å². The van der Waals surface area contributed by atoms with Crippen LogP contribution >= 0.6 is 0 Å². The molecule has 0 fully saturated rings. The van der Waals surface area contributed by atoms with Crippen LogP contribution in [0.4, 0.5) is 0 Å². The highest BCUT2D eigenvalue weighted by atomic mass is 15.4. The zero-order chi connectivity index (χ0) is 6.10. The van der Waals surface area contributed by atoms with Crippen molar-refractivity contribution in [2.75, 3.05) is 0 Å². The Balaban J connectivity index is 0.000000500. The van der Waals surface area contributed by atoms with Gasteiger partial charge in [-0.1, -0.05) is 11.3 Å². The number of pyridine rings is 1. The fourth-order valence-electron chi connectivity index (χ4n) is 0.772. The van der Waals surface area contributed by atoms with Crippen LogP contribution in [0.1, 0.15) is 0 Å². The topological polar surface area (TPSA) is 60.7 Å². The molecule has 0 saturated carbocycles. The average molecular weight is 133 g/mol. The smallest absolute Gasteiger partial charge is 0.0864 e. The van der Waals surface area contributed by atoms with Gasteiger partial charge in [-0.15, -0.1) is 5.10 Å². The van der Waals surface area contributed by atoms with Crippen molar-refractivity contribution in [3.05, 3.63) is 30.6 Å². The van der Waals surface area contributed by atoms with Crippen LogP contribution in [0.3, 0.4) is 0 Å². The van der Waals surface area contributed by atoms with E-state index in [-0.39, 0.29) is 6.15 Å². The van der Waals surface area contributed by atoms with Gasteiger partial charge in [-0.05, 0) is 12.1 Å². The third kappa shape index (κ3) is 0.844. The molecule has 0 aliphatic rings. The summed E-state index contributed by atoms with van der Waals surface area (Å²) in [6.07, 6.45) is 3.59. The summed E-state index contributed by atoms with van der Waals surface area (Å²) in [5.74, 6) is 0. The summed E-state index contributed by atoms with van der Waals surface area (Å²) in [6, 6.07) is 5.83. The Morgan fingerprint density at radius 2 is 2.20 bits per heavy atom. The average Bonchev–Trinajstić information content (AvgIpc) is 2.33. The van der Waals surface area contributed by atoms with Crippen molar-refractivity contribution in [3.63, 3.8) is 0 Å². The fraction of sp³-hybridized carbons (Fsp3) is 0. The lowest BCUT2D eigenvalue weighted by molar-refractivity contribution is 0.855. The maximum atomic E-state index is 3.79. The molecule has 0 bridgehead atoms. The Morgan fingerprint density at radius 3 is 3.00 bits per heavy atom. The highest BCUT2D eigenvalue weighted by molar-refractivity contribution is 5.41. The molecule has 3 radical (unpaired) electrons. The molecule has 10 heavy (non-hydrogen) atoms. The SMILES string of the molecule is [N].c1ccn2nncc2c1. The normalized spacial score (nSPS) is 9.20. The molecule has 0 unspecified atom stereocenters. The summed E-state index contributed by atoms with van der Waals surface area (Å²) in [5.41, 5.74) is 1.03. The quantitative estimate of drug-likeness (QED) is 0.517. The first-order valence-corrected chi connectivity index (χ1v) is 2.72. The Hall–Kier alpha value is -1.42. The van der Waals surface area contributed by atoms with E-state index >= 15 is 0 Å². The monoisotopic (exact) mass is 133 g/mol. The highest BCUT2D eigenvalue weighted by Crippen LogP contribution is 1.95. The van der Waals surface area contributed by atoms with E-state index in [2.05, 4.69) is 10.3 Å². The number of nitrogens with zero attached hydrogens (tertiary/aromatic N) is 4. The van der Waals surface area contributed by atoms with Crippen LogP contribution in [-0.2, 0) is 0 Å². The Morgan fingerprint density at radius 1 is 1.30 bits per heavy atom. The van der Waals surface area contributed by atoms with Crippen LogP contribution in [0.15, 0.2) is 30.6 Å². The molecule has 2 aromatic heterocycles. The van der Waals surface area contributed by atoms with Crippen LogP contribution in [0.25, 0.3) is 5.52 Å². The first-order chi connectivity index (χ1) is 4.47. The second kappa shape index (κ2) is 2.45. The van der Waals surface area contributed by atoms with Gasteiger partial charge in [-0.25, -0.2) is 4.52 Å². The second-order valence-corrected chi connectivity index (χ2v) is 1.80. The van der Waals surface area contributed by atoms with E-state index in [1.165, 1.54) is 0 Å². The van der Waals surface area contributed by atoms with Gasteiger partial charge in [0.1, 0.15) is 0 Å². The van der Waals surface area contributed by atoms with Gasteiger partial charge in [0, 0.05) is 12.3 Å². The van der Waals surface area contributed by atoms with Crippen molar-refractivity contribution >= 4 is 5.52 Å². The van der Waals surface area contributed by atoms with Crippen molar-refractivity contribution in [1.82, 2.24) is 21.0 Å². The number of hydrogen-bond donors (Lipinski definition) is 0. The zero-order valence-electron chi connectivity index (χ0n) is 5.18. The number of fused-ring (bicyclic) bond motifs is 1. The van der Waals surface area contributed by atoms with Gasteiger partial charge >= 0.3 is 0 Å². The third-order valence-corrected chi connectivity index (χ3v) is 1.21. The summed E-state index contributed by atoms with van der Waals surface area (Å²) >= 11 is 0. The molecule has 0 amide bonds. The fourth-order valence-corrected chi connectivity index (χ4v) is 0.772. The molecule has 0 aromatic carbocycles. The Labute approximate surface area is 58.1 Å². The molecule has 0 aliphatic carbocycles. The van der Waals surface area contributed by atoms with E-state index in [4.69, 9.17) is 0 Å². The van der Waals surface area contributed by atoms with Gasteiger partial charge in [0.2, 0.25) is 0 Å². The Kier molecular flexibility index (Phi) is 1.64. The lowest BCUT2D eigenvalue weighted by Gasteiger charge is -1.84. The predicted octanol–water partition coefficient (Wildman–Crippen LogP) is 0.249. The minimum atomic E-state index is 0. The van der Waals surface area contributed by atoms with Crippen LogP contribution in [-0.4, -0.2) is 14.8 Å². The molecule has 49 valence electrons. The van der Waals surface area contributed by atoms with Gasteiger partial charge in [0.25, 0.3) is 0 Å². The summed E-state index contributed by atoms with van der Waals surface area (Å²) < 4.78 is 1.72. The Bertz CT molecular complexity index is 284. The first kappa shape index (κ1) is 6.70. The van der Waals surface area contributed by atoms with Crippen molar-refractivity contribution in [2.45, 2.75) is 0 Å². The van der Waals surface area contributed by atoms with Gasteiger partial charge in [0.05, 0.1) is 11.7 Å². The van der Waals surface area contributed by atoms with Crippen molar-refractivity contribution in [2.24, 2.45) is 0 Å². The van der Waals surface area contributed by atoms with E-state index in [1.54, 1.807) is 10.7 Å². The summed E-state index contributed by atoms with van der Waals surface area (Å²) in [4.78, 5) is 0. The minimum absolute atomic E-state index is 0. The largest absolute Gasteiger partial charge is 0.221 e. The van der Waals surface area contributed by atoms with E-state index in [0.29, 0.717) is 0 Å². The summed E-state index contributed by atoms with van der Waals surface area (Å²) in [6.45, 7) is 0. The molecule has 0 aliphatic heterocycles. The molecular weight excluding hydrogens is 128 g/mol. The highest BCUT2D eigenvalue weighted by Gasteiger charge is 1.86. The molecule has 2 rings (SSSR count). The van der Waals surface area contributed by atoms with E-state index in [0.717, 1.165) is 5.52 Å². The second-order valence-electron chi connectivity index (χ2n) is 1.80. The molecule has 0 spiro atoms. The first-order valence-electron chi connectivity index (χ1n) is 2.72. The van der Waals surface area contributed by atoms with Crippen LogP contribution in [0.2, 0.25) is 0 Å². The van der Waals surface area contributed by atoms with E-state index in [1.807, 2.05) is 24.4 Å². The molecule has 0 saturated heterocycles. The number of rotatable bonds is 0. The number of hydrogen-bond acceptors (Lipinski definition) is 2. The van der Waals surface area contributed by atoms with Gasteiger partial charge < -0.3 is 0 Å². The minimum Gasteiger partial charge on any atom is -0.221 e. The molecule has 0 N–H and O–H groups in total. The summed E-state index contributed by atoms with van der Waals surface area (Å²) in [5, 5.41) is 7.50. The number of aromatic nitrogens is 3. The molecule has 2 heterocycles. The van der Waals surface area contributed by atoms with Crippen molar-refractivity contribution in [3.8, 4) is 0 Å².